The summed E-state index contributed by atoms with van der Waals surface area (Å²) in [6, 6.07) is 11.9. The minimum absolute atomic E-state index is 0.0337. The number of rotatable bonds is 3. The van der Waals surface area contributed by atoms with Crippen LogP contribution in [0.3, 0.4) is 0 Å². The minimum atomic E-state index is -0.0337. The third-order valence-electron chi connectivity index (χ3n) is 4.26. The summed E-state index contributed by atoms with van der Waals surface area (Å²) in [5, 5.41) is 0.602. The van der Waals surface area contributed by atoms with Gasteiger partial charge in [0.2, 0.25) is 0 Å². The predicted octanol–water partition coefficient (Wildman–Crippen LogP) is 1.10. The van der Waals surface area contributed by atoms with Crippen LogP contribution >= 0.6 is 0 Å². The first-order valence-electron chi connectivity index (χ1n) is 8.10. The summed E-state index contributed by atoms with van der Waals surface area (Å²) in [4.78, 5) is 22.6. The Morgan fingerprint density at radius 2 is 1.92 bits per heavy atom. The first-order chi connectivity index (χ1) is 11.8. The van der Waals surface area contributed by atoms with Crippen molar-refractivity contribution in [2.75, 3.05) is 31.2 Å². The van der Waals surface area contributed by atoms with Crippen LogP contribution in [0.15, 0.2) is 53.6 Å². The van der Waals surface area contributed by atoms with E-state index in [9.17, 15) is 4.79 Å². The maximum Gasteiger partial charge on any atom is 0.392 e. The second kappa shape index (κ2) is 6.41. The van der Waals surface area contributed by atoms with Gasteiger partial charge in [-0.3, -0.25) is 9.69 Å². The van der Waals surface area contributed by atoms with Crippen LogP contribution in [0, 0.1) is 0 Å². The number of hydrogen-bond acceptors (Lipinski definition) is 4. The number of nitrogens with zero attached hydrogens (tertiary/aromatic N) is 3. The number of aromatic nitrogens is 3. The third kappa shape index (κ3) is 2.88. The lowest BCUT2D eigenvalue weighted by Gasteiger charge is -2.20. The standard InChI is InChI=1S/C18H18N4O2/c23-17-15-12-19-18(21-8-10-24-11-9-21)20-16(15)6-7-22(17)13-14-4-2-1-3-5-14/h1-7,12H,8-11,13H2/p+1. The predicted molar refractivity (Wildman–Crippen MR) is 91.1 cm³/mol. The highest BCUT2D eigenvalue weighted by Crippen LogP contribution is 2.11. The van der Waals surface area contributed by atoms with Crippen molar-refractivity contribution >= 4 is 16.9 Å². The number of aromatic amines is 1. The van der Waals surface area contributed by atoms with Gasteiger partial charge in [0.25, 0.3) is 5.56 Å². The first kappa shape index (κ1) is 14.8. The molecule has 6 heteroatoms. The number of morpholine rings is 1. The molecule has 3 heterocycles. The molecule has 0 atom stereocenters. The first-order valence-corrected chi connectivity index (χ1v) is 8.10. The van der Waals surface area contributed by atoms with Gasteiger partial charge in [0, 0.05) is 6.20 Å². The summed E-state index contributed by atoms with van der Waals surface area (Å²) < 4.78 is 7.07. The van der Waals surface area contributed by atoms with E-state index in [4.69, 9.17) is 4.74 Å². The Kier molecular flexibility index (Phi) is 3.96. The molecule has 0 aliphatic carbocycles. The number of anilines is 1. The summed E-state index contributed by atoms with van der Waals surface area (Å²) in [6.45, 7) is 3.57. The second-order valence-electron chi connectivity index (χ2n) is 5.86. The fourth-order valence-electron chi connectivity index (χ4n) is 2.94. The average Bonchev–Trinajstić information content (AvgIpc) is 2.65. The quantitative estimate of drug-likeness (QED) is 0.724. The lowest BCUT2D eigenvalue weighted by Crippen LogP contribution is -2.40. The van der Waals surface area contributed by atoms with Crippen LogP contribution in [0.4, 0.5) is 5.95 Å². The van der Waals surface area contributed by atoms with Crippen molar-refractivity contribution in [3.8, 4) is 0 Å². The third-order valence-corrected chi connectivity index (χ3v) is 4.26. The average molecular weight is 323 g/mol. The van der Waals surface area contributed by atoms with Gasteiger partial charge < -0.3 is 9.30 Å². The normalized spacial score (nSPS) is 14.9. The van der Waals surface area contributed by atoms with Crippen LogP contribution in [0.25, 0.3) is 10.9 Å². The van der Waals surface area contributed by atoms with Gasteiger partial charge >= 0.3 is 5.95 Å². The Morgan fingerprint density at radius 1 is 1.12 bits per heavy atom. The summed E-state index contributed by atoms with van der Waals surface area (Å²) >= 11 is 0. The Labute approximate surface area is 139 Å². The molecule has 122 valence electrons. The molecule has 2 aromatic heterocycles. The van der Waals surface area contributed by atoms with E-state index < -0.39 is 0 Å². The number of pyridine rings is 1. The fourth-order valence-corrected chi connectivity index (χ4v) is 2.94. The van der Waals surface area contributed by atoms with E-state index in [-0.39, 0.29) is 5.56 Å². The van der Waals surface area contributed by atoms with E-state index in [1.807, 2.05) is 42.6 Å². The Balaban J connectivity index is 1.68. The summed E-state index contributed by atoms with van der Waals surface area (Å²) in [6.07, 6.45) is 3.57. The molecule has 0 bridgehead atoms. The Morgan fingerprint density at radius 3 is 2.71 bits per heavy atom. The highest BCUT2D eigenvalue weighted by Gasteiger charge is 2.21. The number of H-pyrrole nitrogens is 1. The molecule has 1 aliphatic heterocycles. The fraction of sp³-hybridized carbons (Fsp3) is 0.278. The molecule has 0 amide bonds. The molecule has 6 nitrogen and oxygen atoms in total. The molecule has 1 saturated heterocycles. The zero-order valence-corrected chi connectivity index (χ0v) is 13.3. The van der Waals surface area contributed by atoms with Crippen molar-refractivity contribution < 1.29 is 9.72 Å². The summed E-state index contributed by atoms with van der Waals surface area (Å²) in [5.74, 6) is 0.783. The van der Waals surface area contributed by atoms with Crippen LogP contribution in [-0.4, -0.2) is 35.9 Å². The highest BCUT2D eigenvalue weighted by molar-refractivity contribution is 5.76. The van der Waals surface area contributed by atoms with Crippen molar-refractivity contribution in [3.05, 3.63) is 64.7 Å². The van der Waals surface area contributed by atoms with E-state index in [2.05, 4.69) is 14.9 Å². The summed E-state index contributed by atoms with van der Waals surface area (Å²) in [5.41, 5.74) is 1.78. The Bertz CT molecular complexity index is 902. The van der Waals surface area contributed by atoms with Gasteiger partial charge in [0.1, 0.15) is 5.39 Å². The van der Waals surface area contributed by atoms with Crippen LogP contribution in [-0.2, 0) is 11.3 Å². The zero-order valence-electron chi connectivity index (χ0n) is 13.3. The number of hydrogen-bond donors (Lipinski definition) is 0. The molecule has 3 aromatic rings. The Hall–Kier alpha value is -2.73. The molecule has 24 heavy (non-hydrogen) atoms. The number of nitrogens with one attached hydrogen (secondary N) is 1. The molecule has 0 spiro atoms. The van der Waals surface area contributed by atoms with Gasteiger partial charge in [-0.05, 0) is 11.6 Å². The molecular formula is C18H19N4O2+. The van der Waals surface area contributed by atoms with Crippen molar-refractivity contribution in [1.82, 2.24) is 9.55 Å². The highest BCUT2D eigenvalue weighted by atomic mass is 16.5. The van der Waals surface area contributed by atoms with Crippen LogP contribution < -0.4 is 15.4 Å². The molecule has 1 fully saturated rings. The van der Waals surface area contributed by atoms with Crippen molar-refractivity contribution in [3.63, 3.8) is 0 Å². The maximum absolute atomic E-state index is 12.7. The lowest BCUT2D eigenvalue weighted by molar-refractivity contribution is -0.366. The van der Waals surface area contributed by atoms with Crippen LogP contribution in [0.1, 0.15) is 5.56 Å². The summed E-state index contributed by atoms with van der Waals surface area (Å²) in [7, 11) is 0. The number of ether oxygens (including phenoxy) is 1. The van der Waals surface area contributed by atoms with Gasteiger partial charge in [-0.25, -0.2) is 4.98 Å². The second-order valence-corrected chi connectivity index (χ2v) is 5.86. The molecule has 1 N–H and O–H groups in total. The monoisotopic (exact) mass is 323 g/mol. The van der Waals surface area contributed by atoms with Crippen molar-refractivity contribution in [1.29, 1.82) is 0 Å². The van der Waals surface area contributed by atoms with Crippen LogP contribution in [0.2, 0.25) is 0 Å². The van der Waals surface area contributed by atoms with E-state index in [0.717, 1.165) is 24.6 Å². The van der Waals surface area contributed by atoms with Gasteiger partial charge in [0.15, 0.2) is 5.52 Å². The van der Waals surface area contributed by atoms with Gasteiger partial charge in [-0.15, -0.1) is 0 Å². The van der Waals surface area contributed by atoms with E-state index >= 15 is 0 Å². The maximum atomic E-state index is 12.7. The van der Waals surface area contributed by atoms with E-state index in [1.165, 1.54) is 0 Å². The number of benzene rings is 1. The lowest BCUT2D eigenvalue weighted by atomic mass is 10.2. The van der Waals surface area contributed by atoms with E-state index in [1.54, 1.807) is 10.8 Å². The van der Waals surface area contributed by atoms with Gasteiger partial charge in [-0.1, -0.05) is 35.3 Å². The molecule has 0 saturated carbocycles. The molecule has 1 aromatic carbocycles. The molecular weight excluding hydrogens is 304 g/mol. The molecule has 4 rings (SSSR count). The van der Waals surface area contributed by atoms with E-state index in [0.29, 0.717) is 30.7 Å². The smallest absolute Gasteiger partial charge is 0.375 e. The topological polar surface area (TPSA) is 61.5 Å². The molecule has 1 aliphatic rings. The van der Waals surface area contributed by atoms with Crippen molar-refractivity contribution in [2.45, 2.75) is 6.54 Å². The van der Waals surface area contributed by atoms with Gasteiger partial charge in [-0.2, -0.15) is 0 Å². The minimum Gasteiger partial charge on any atom is -0.375 e. The molecule has 0 radical (unpaired) electrons. The number of fused-ring (bicyclic) bond motifs is 1. The van der Waals surface area contributed by atoms with Gasteiger partial charge in [0.05, 0.1) is 39.0 Å². The van der Waals surface area contributed by atoms with Crippen LogP contribution in [0.5, 0.6) is 0 Å². The zero-order chi connectivity index (χ0) is 16.4. The van der Waals surface area contributed by atoms with Crippen molar-refractivity contribution in [2.24, 2.45) is 0 Å². The SMILES string of the molecule is O=c1c2c[nH+]c(N3CCOCC3)nc2ccn1Cc1ccccc1. The molecule has 0 unspecified atom stereocenters. The largest absolute Gasteiger partial charge is 0.392 e.